The van der Waals surface area contributed by atoms with E-state index in [1.165, 1.54) is 6.07 Å². The van der Waals surface area contributed by atoms with Crippen molar-refractivity contribution in [1.82, 2.24) is 5.32 Å². The Morgan fingerprint density at radius 1 is 1.04 bits per heavy atom. The molecule has 0 saturated heterocycles. The van der Waals surface area contributed by atoms with E-state index in [-0.39, 0.29) is 17.8 Å². The highest BCUT2D eigenvalue weighted by Gasteiger charge is 2.13. The van der Waals surface area contributed by atoms with E-state index in [2.05, 4.69) is 10.0 Å². The van der Waals surface area contributed by atoms with Crippen LogP contribution in [-0.2, 0) is 16.6 Å². The minimum absolute atomic E-state index is 0.228. The molecule has 0 aliphatic heterocycles. The number of methoxy groups -OCH3 is 2. The van der Waals surface area contributed by atoms with Gasteiger partial charge < -0.3 is 14.8 Å². The lowest BCUT2D eigenvalue weighted by Crippen LogP contribution is -2.24. The van der Waals surface area contributed by atoms with E-state index in [4.69, 9.17) is 9.47 Å². The topological polar surface area (TPSA) is 93.7 Å². The van der Waals surface area contributed by atoms with Gasteiger partial charge in [0.25, 0.3) is 5.91 Å². The zero-order valence-electron chi connectivity index (χ0n) is 14.2. The van der Waals surface area contributed by atoms with Crippen LogP contribution in [0.1, 0.15) is 15.9 Å². The van der Waals surface area contributed by atoms with E-state index >= 15 is 0 Å². The van der Waals surface area contributed by atoms with Crippen LogP contribution in [-0.4, -0.2) is 34.8 Å². The molecule has 2 aromatic carbocycles. The lowest BCUT2D eigenvalue weighted by Gasteiger charge is -2.12. The van der Waals surface area contributed by atoms with Crippen molar-refractivity contribution in [3.63, 3.8) is 0 Å². The van der Waals surface area contributed by atoms with Crippen LogP contribution in [0, 0.1) is 0 Å². The summed E-state index contributed by atoms with van der Waals surface area (Å²) in [7, 11) is -0.390. The van der Waals surface area contributed by atoms with E-state index in [0.29, 0.717) is 11.5 Å². The number of sulfonamides is 1. The molecular formula is C17H20N2O5S. The minimum Gasteiger partial charge on any atom is -0.497 e. The van der Waals surface area contributed by atoms with Gasteiger partial charge in [0.1, 0.15) is 11.5 Å². The van der Waals surface area contributed by atoms with Crippen LogP contribution >= 0.6 is 0 Å². The Kier molecular flexibility index (Phi) is 5.87. The number of ether oxygens (including phenoxy) is 2. The first-order chi connectivity index (χ1) is 11.8. The van der Waals surface area contributed by atoms with Gasteiger partial charge in [-0.25, -0.2) is 8.42 Å². The van der Waals surface area contributed by atoms with Crippen LogP contribution in [0.3, 0.4) is 0 Å². The second-order valence-corrected chi connectivity index (χ2v) is 7.07. The zero-order valence-corrected chi connectivity index (χ0v) is 15.0. The molecule has 25 heavy (non-hydrogen) atoms. The van der Waals surface area contributed by atoms with E-state index in [1.807, 2.05) is 0 Å². The third kappa shape index (κ3) is 5.39. The fourth-order valence-electron chi connectivity index (χ4n) is 2.22. The molecule has 0 saturated carbocycles. The highest BCUT2D eigenvalue weighted by Crippen LogP contribution is 2.22. The van der Waals surface area contributed by atoms with Crippen LogP contribution in [0.4, 0.5) is 5.69 Å². The molecule has 2 N–H and O–H groups in total. The number of para-hydroxylation sites is 1. The average Bonchev–Trinajstić information content (AvgIpc) is 2.58. The summed E-state index contributed by atoms with van der Waals surface area (Å²) in [5.74, 6) is 0.832. The van der Waals surface area contributed by atoms with Crippen LogP contribution in [0.15, 0.2) is 42.5 Å². The van der Waals surface area contributed by atoms with Crippen LogP contribution in [0.5, 0.6) is 11.5 Å². The molecule has 2 aromatic rings. The molecule has 0 aliphatic carbocycles. The maximum Gasteiger partial charge on any atom is 0.253 e. The van der Waals surface area contributed by atoms with Gasteiger partial charge in [0, 0.05) is 12.6 Å². The molecule has 0 unspecified atom stereocenters. The molecule has 0 aromatic heterocycles. The third-order valence-corrected chi connectivity index (χ3v) is 3.92. The van der Waals surface area contributed by atoms with Crippen molar-refractivity contribution in [3.05, 3.63) is 53.6 Å². The molecule has 0 fully saturated rings. The standard InChI is InChI=1S/C17H20N2O5S/c1-23-13-8-12(9-14(10-13)24-2)11-18-17(20)15-6-4-5-7-16(15)19-25(3,21)22/h4-10,19H,11H2,1-3H3,(H,18,20). The molecule has 1 amide bonds. The predicted molar refractivity (Wildman–Crippen MR) is 95.6 cm³/mol. The average molecular weight is 364 g/mol. The van der Waals surface area contributed by atoms with Crippen molar-refractivity contribution in [3.8, 4) is 11.5 Å². The van der Waals surface area contributed by atoms with Gasteiger partial charge >= 0.3 is 0 Å². The second kappa shape index (κ2) is 7.89. The Morgan fingerprint density at radius 3 is 2.20 bits per heavy atom. The maximum absolute atomic E-state index is 12.4. The number of nitrogens with one attached hydrogen (secondary N) is 2. The van der Waals surface area contributed by atoms with Crippen molar-refractivity contribution in [2.75, 3.05) is 25.2 Å². The van der Waals surface area contributed by atoms with Gasteiger partial charge in [0.05, 0.1) is 31.7 Å². The highest BCUT2D eigenvalue weighted by atomic mass is 32.2. The Morgan fingerprint density at radius 2 is 1.64 bits per heavy atom. The van der Waals surface area contributed by atoms with Crippen molar-refractivity contribution in [2.24, 2.45) is 0 Å². The quantitative estimate of drug-likeness (QED) is 0.784. The summed E-state index contributed by atoms with van der Waals surface area (Å²) in [5, 5.41) is 2.76. The molecule has 0 heterocycles. The number of amides is 1. The third-order valence-electron chi connectivity index (χ3n) is 3.33. The van der Waals surface area contributed by atoms with Gasteiger partial charge in [-0.05, 0) is 29.8 Å². The van der Waals surface area contributed by atoms with Gasteiger partial charge in [-0.2, -0.15) is 0 Å². The van der Waals surface area contributed by atoms with E-state index in [9.17, 15) is 13.2 Å². The molecular weight excluding hydrogens is 344 g/mol. The summed E-state index contributed by atoms with van der Waals surface area (Å²) < 4.78 is 35.6. The van der Waals surface area contributed by atoms with Crippen molar-refractivity contribution in [2.45, 2.75) is 6.54 Å². The maximum atomic E-state index is 12.4. The number of carbonyl (C=O) groups is 1. The largest absolute Gasteiger partial charge is 0.497 e. The summed E-state index contributed by atoms with van der Waals surface area (Å²) in [6, 6.07) is 11.7. The van der Waals surface area contributed by atoms with Crippen molar-refractivity contribution >= 4 is 21.6 Å². The minimum atomic E-state index is -3.48. The number of benzene rings is 2. The fourth-order valence-corrected chi connectivity index (χ4v) is 2.79. The molecule has 0 radical (unpaired) electrons. The van der Waals surface area contributed by atoms with Gasteiger partial charge in [-0.3, -0.25) is 9.52 Å². The lowest BCUT2D eigenvalue weighted by molar-refractivity contribution is 0.0951. The Labute approximate surface area is 147 Å². The van der Waals surface area contributed by atoms with Crippen LogP contribution < -0.4 is 19.5 Å². The van der Waals surface area contributed by atoms with Crippen LogP contribution in [0.2, 0.25) is 0 Å². The number of anilines is 1. The van der Waals surface area contributed by atoms with E-state index in [0.717, 1.165) is 11.8 Å². The Hall–Kier alpha value is -2.74. The van der Waals surface area contributed by atoms with E-state index in [1.54, 1.807) is 50.6 Å². The summed E-state index contributed by atoms with van der Waals surface area (Å²) >= 11 is 0. The number of carbonyl (C=O) groups excluding carboxylic acids is 1. The molecule has 0 bridgehead atoms. The van der Waals surface area contributed by atoms with Gasteiger partial charge in [-0.1, -0.05) is 12.1 Å². The molecule has 0 aliphatic rings. The van der Waals surface area contributed by atoms with Crippen LogP contribution in [0.25, 0.3) is 0 Å². The summed E-state index contributed by atoms with van der Waals surface area (Å²) in [6.07, 6.45) is 1.03. The molecule has 7 nitrogen and oxygen atoms in total. The van der Waals surface area contributed by atoms with Gasteiger partial charge in [0.2, 0.25) is 10.0 Å². The first kappa shape index (κ1) is 18.6. The fraction of sp³-hybridized carbons (Fsp3) is 0.235. The van der Waals surface area contributed by atoms with Crippen molar-refractivity contribution < 1.29 is 22.7 Å². The molecule has 134 valence electrons. The normalized spacial score (nSPS) is 10.8. The highest BCUT2D eigenvalue weighted by molar-refractivity contribution is 7.92. The summed E-state index contributed by atoms with van der Waals surface area (Å²) in [6.45, 7) is 0.236. The van der Waals surface area contributed by atoms with Gasteiger partial charge in [-0.15, -0.1) is 0 Å². The summed E-state index contributed by atoms with van der Waals surface area (Å²) in [5.41, 5.74) is 1.26. The summed E-state index contributed by atoms with van der Waals surface area (Å²) in [4.78, 5) is 12.4. The molecule has 0 atom stereocenters. The SMILES string of the molecule is COc1cc(CNC(=O)c2ccccc2NS(C)(=O)=O)cc(OC)c1. The number of hydrogen-bond donors (Lipinski definition) is 2. The first-order valence-corrected chi connectivity index (χ1v) is 9.28. The zero-order chi connectivity index (χ0) is 18.4. The molecule has 2 rings (SSSR count). The molecule has 8 heteroatoms. The monoisotopic (exact) mass is 364 g/mol. The Balaban J connectivity index is 2.16. The number of rotatable bonds is 7. The van der Waals surface area contributed by atoms with Crippen molar-refractivity contribution in [1.29, 1.82) is 0 Å². The molecule has 0 spiro atoms. The first-order valence-electron chi connectivity index (χ1n) is 7.39. The Bertz CT molecular complexity index is 843. The number of hydrogen-bond acceptors (Lipinski definition) is 5. The second-order valence-electron chi connectivity index (χ2n) is 5.32. The predicted octanol–water partition coefficient (Wildman–Crippen LogP) is 2.01. The van der Waals surface area contributed by atoms with E-state index < -0.39 is 15.9 Å². The van der Waals surface area contributed by atoms with Gasteiger partial charge in [0.15, 0.2) is 0 Å². The lowest BCUT2D eigenvalue weighted by atomic mass is 10.1. The smallest absolute Gasteiger partial charge is 0.253 e.